The first-order valence-electron chi connectivity index (χ1n) is 5.53. The lowest BCUT2D eigenvalue weighted by Crippen LogP contribution is -2.42. The minimum Gasteiger partial charge on any atom is -0.368 e. The Hall–Kier alpha value is -0.220. The number of nitrogens with two attached hydrogens (primary N) is 1. The Bertz CT molecular complexity index is 190. The number of hydrogen-bond acceptors (Lipinski definition) is 3. The molecular formula is C11H24N2OS. The fourth-order valence-electron chi connectivity index (χ4n) is 1.15. The van der Waals surface area contributed by atoms with Gasteiger partial charge in [0.05, 0.1) is 6.04 Å². The van der Waals surface area contributed by atoms with Gasteiger partial charge in [-0.05, 0) is 25.1 Å². The molecule has 4 heteroatoms. The summed E-state index contributed by atoms with van der Waals surface area (Å²) >= 11 is 1.86. The molecule has 0 heterocycles. The summed E-state index contributed by atoms with van der Waals surface area (Å²) in [6, 6.07) is -0.167. The third-order valence-corrected chi connectivity index (χ3v) is 3.23. The molecule has 1 atom stereocenters. The molecule has 0 saturated heterocycles. The second-order valence-corrected chi connectivity index (χ2v) is 6.58. The summed E-state index contributed by atoms with van der Waals surface area (Å²) in [5.74, 6) is 0.728. The molecule has 0 aromatic carbocycles. The molecule has 0 spiro atoms. The maximum atomic E-state index is 11.1. The van der Waals surface area contributed by atoms with Gasteiger partial charge in [0.1, 0.15) is 0 Å². The van der Waals surface area contributed by atoms with E-state index in [-0.39, 0.29) is 16.7 Å². The van der Waals surface area contributed by atoms with E-state index in [9.17, 15) is 4.79 Å². The van der Waals surface area contributed by atoms with E-state index < -0.39 is 0 Å². The van der Waals surface area contributed by atoms with Crippen molar-refractivity contribution in [2.24, 2.45) is 5.73 Å². The van der Waals surface area contributed by atoms with Crippen LogP contribution in [0.4, 0.5) is 0 Å². The van der Waals surface area contributed by atoms with Crippen molar-refractivity contribution in [1.29, 1.82) is 0 Å². The molecule has 0 radical (unpaired) electrons. The maximum Gasteiger partial charge on any atom is 0.234 e. The molecule has 0 bridgehead atoms. The zero-order valence-corrected chi connectivity index (χ0v) is 11.1. The predicted molar refractivity (Wildman–Crippen MR) is 68.1 cm³/mol. The van der Waals surface area contributed by atoms with Gasteiger partial charge in [0, 0.05) is 4.75 Å². The highest BCUT2D eigenvalue weighted by atomic mass is 32.2. The largest absolute Gasteiger partial charge is 0.368 e. The summed E-state index contributed by atoms with van der Waals surface area (Å²) in [6.45, 7) is 9.46. The topological polar surface area (TPSA) is 55.1 Å². The van der Waals surface area contributed by atoms with Crippen LogP contribution in [0.3, 0.4) is 0 Å². The van der Waals surface area contributed by atoms with Crippen molar-refractivity contribution in [3.05, 3.63) is 0 Å². The van der Waals surface area contributed by atoms with Crippen molar-refractivity contribution >= 4 is 17.7 Å². The van der Waals surface area contributed by atoms with Crippen molar-refractivity contribution in [3.63, 3.8) is 0 Å². The Balaban J connectivity index is 3.81. The lowest BCUT2D eigenvalue weighted by Gasteiger charge is -2.20. The van der Waals surface area contributed by atoms with Gasteiger partial charge in [-0.25, -0.2) is 0 Å². The number of thioether (sulfide) groups is 1. The SMILES string of the molecule is CCCNC(CCSC(C)(C)C)C(N)=O. The monoisotopic (exact) mass is 232 g/mol. The summed E-state index contributed by atoms with van der Waals surface area (Å²) in [4.78, 5) is 11.1. The molecule has 0 aromatic rings. The molecule has 15 heavy (non-hydrogen) atoms. The number of rotatable bonds is 7. The van der Waals surface area contributed by atoms with Crippen LogP contribution in [-0.4, -0.2) is 29.0 Å². The molecule has 90 valence electrons. The number of primary amides is 1. The van der Waals surface area contributed by atoms with E-state index in [1.165, 1.54) is 0 Å². The Kier molecular flexibility index (Phi) is 7.02. The summed E-state index contributed by atoms with van der Waals surface area (Å²) in [7, 11) is 0. The molecule has 0 aliphatic carbocycles. The lowest BCUT2D eigenvalue weighted by molar-refractivity contribution is -0.120. The molecule has 0 saturated carbocycles. The molecule has 1 unspecified atom stereocenters. The molecule has 0 aromatic heterocycles. The molecule has 0 rings (SSSR count). The Morgan fingerprint density at radius 3 is 2.47 bits per heavy atom. The van der Waals surface area contributed by atoms with Crippen LogP contribution in [-0.2, 0) is 4.79 Å². The van der Waals surface area contributed by atoms with Crippen LogP contribution in [0, 0.1) is 0 Å². The van der Waals surface area contributed by atoms with E-state index in [4.69, 9.17) is 5.73 Å². The highest BCUT2D eigenvalue weighted by molar-refractivity contribution is 8.00. The Morgan fingerprint density at radius 1 is 1.47 bits per heavy atom. The van der Waals surface area contributed by atoms with E-state index >= 15 is 0 Å². The zero-order chi connectivity index (χ0) is 11.9. The second-order valence-electron chi connectivity index (χ2n) is 4.66. The predicted octanol–water partition coefficient (Wildman–Crippen LogP) is 1.76. The van der Waals surface area contributed by atoms with E-state index in [1.807, 2.05) is 11.8 Å². The van der Waals surface area contributed by atoms with Crippen LogP contribution in [0.15, 0.2) is 0 Å². The minimum atomic E-state index is -0.238. The van der Waals surface area contributed by atoms with E-state index in [0.29, 0.717) is 0 Å². The first-order valence-corrected chi connectivity index (χ1v) is 6.52. The van der Waals surface area contributed by atoms with Crippen LogP contribution in [0.25, 0.3) is 0 Å². The fraction of sp³-hybridized carbons (Fsp3) is 0.909. The Labute approximate surface area is 97.6 Å². The molecule has 3 nitrogen and oxygen atoms in total. The smallest absolute Gasteiger partial charge is 0.234 e. The van der Waals surface area contributed by atoms with Gasteiger partial charge < -0.3 is 11.1 Å². The van der Waals surface area contributed by atoms with Crippen LogP contribution >= 0.6 is 11.8 Å². The quantitative estimate of drug-likeness (QED) is 0.703. The summed E-state index contributed by atoms with van der Waals surface area (Å²) in [5, 5.41) is 3.17. The Morgan fingerprint density at radius 2 is 2.07 bits per heavy atom. The van der Waals surface area contributed by atoms with Crippen LogP contribution < -0.4 is 11.1 Å². The molecule has 0 fully saturated rings. The number of carbonyl (C=O) groups is 1. The maximum absolute atomic E-state index is 11.1. The van der Waals surface area contributed by atoms with Crippen LogP contribution in [0.2, 0.25) is 0 Å². The van der Waals surface area contributed by atoms with E-state index in [2.05, 4.69) is 33.0 Å². The molecule has 0 aliphatic heterocycles. The number of nitrogens with one attached hydrogen (secondary N) is 1. The molecular weight excluding hydrogens is 208 g/mol. The summed E-state index contributed by atoms with van der Waals surface area (Å²) in [5.41, 5.74) is 5.32. The first kappa shape index (κ1) is 14.8. The molecule has 3 N–H and O–H groups in total. The van der Waals surface area contributed by atoms with Gasteiger partial charge in [0.15, 0.2) is 0 Å². The highest BCUT2D eigenvalue weighted by Gasteiger charge is 2.16. The zero-order valence-electron chi connectivity index (χ0n) is 10.3. The molecule has 0 aliphatic rings. The number of hydrogen-bond donors (Lipinski definition) is 2. The van der Waals surface area contributed by atoms with E-state index in [0.717, 1.165) is 25.1 Å². The van der Waals surface area contributed by atoms with Crippen molar-refractivity contribution in [2.45, 2.75) is 51.3 Å². The van der Waals surface area contributed by atoms with Gasteiger partial charge in [-0.3, -0.25) is 4.79 Å². The van der Waals surface area contributed by atoms with E-state index in [1.54, 1.807) is 0 Å². The standard InChI is InChI=1S/C11H24N2OS/c1-5-7-13-9(10(12)14)6-8-15-11(2,3)4/h9,13H,5-8H2,1-4H3,(H2,12,14). The van der Waals surface area contributed by atoms with Gasteiger partial charge >= 0.3 is 0 Å². The highest BCUT2D eigenvalue weighted by Crippen LogP contribution is 2.23. The third-order valence-electron chi connectivity index (χ3n) is 1.93. The van der Waals surface area contributed by atoms with Gasteiger partial charge in [-0.1, -0.05) is 27.7 Å². The van der Waals surface area contributed by atoms with Gasteiger partial charge in [0.2, 0.25) is 5.91 Å². The van der Waals surface area contributed by atoms with Crippen LogP contribution in [0.5, 0.6) is 0 Å². The van der Waals surface area contributed by atoms with Gasteiger partial charge in [0.25, 0.3) is 0 Å². The van der Waals surface area contributed by atoms with Gasteiger partial charge in [-0.2, -0.15) is 11.8 Å². The van der Waals surface area contributed by atoms with Crippen molar-refractivity contribution in [2.75, 3.05) is 12.3 Å². The second kappa shape index (κ2) is 7.12. The number of carbonyl (C=O) groups excluding carboxylic acids is 1. The molecule has 1 amide bonds. The average Bonchev–Trinajstić information content (AvgIpc) is 2.08. The van der Waals surface area contributed by atoms with Crippen molar-refractivity contribution in [1.82, 2.24) is 5.32 Å². The van der Waals surface area contributed by atoms with Gasteiger partial charge in [-0.15, -0.1) is 0 Å². The van der Waals surface area contributed by atoms with Crippen molar-refractivity contribution in [3.8, 4) is 0 Å². The fourth-order valence-corrected chi connectivity index (χ4v) is 2.11. The summed E-state index contributed by atoms with van der Waals surface area (Å²) < 4.78 is 0.257. The lowest BCUT2D eigenvalue weighted by atomic mass is 10.2. The third kappa shape index (κ3) is 8.75. The van der Waals surface area contributed by atoms with Crippen LogP contribution in [0.1, 0.15) is 40.5 Å². The normalized spacial score (nSPS) is 13.9. The summed E-state index contributed by atoms with van der Waals surface area (Å²) in [6.07, 6.45) is 1.84. The average molecular weight is 232 g/mol. The van der Waals surface area contributed by atoms with Crippen molar-refractivity contribution < 1.29 is 4.79 Å². The first-order chi connectivity index (χ1) is 6.87. The minimum absolute atomic E-state index is 0.167. The number of amides is 1.